The van der Waals surface area contributed by atoms with Crippen molar-refractivity contribution in [2.75, 3.05) is 32.8 Å². The van der Waals surface area contributed by atoms with E-state index in [1.54, 1.807) is 17.0 Å². The maximum atomic E-state index is 12.1. The second kappa shape index (κ2) is 7.11. The quantitative estimate of drug-likeness (QED) is 0.898. The lowest BCUT2D eigenvalue weighted by atomic mass is 10.2. The number of morpholine rings is 1. The lowest BCUT2D eigenvalue weighted by Gasteiger charge is -2.26. The first-order chi connectivity index (χ1) is 11.2. The number of rotatable bonds is 5. The fourth-order valence-corrected chi connectivity index (χ4v) is 2.48. The molecule has 1 fully saturated rings. The van der Waals surface area contributed by atoms with Crippen LogP contribution in [-0.4, -0.2) is 54.1 Å². The largest absolute Gasteiger partial charge is 0.370 e. The molecule has 0 spiro atoms. The van der Waals surface area contributed by atoms with Gasteiger partial charge in [-0.1, -0.05) is 0 Å². The summed E-state index contributed by atoms with van der Waals surface area (Å²) in [4.78, 5) is 25.4. The standard InChI is InChI=1S/C17H19N3O3/c21-16-13-23-12-11-20(16)10-7-18-17(22)14-3-5-15(6-4-14)19-8-1-2-9-19/h1-6,8-9H,7,10-13H2,(H,18,22). The van der Waals surface area contributed by atoms with E-state index >= 15 is 0 Å². The molecule has 0 aliphatic carbocycles. The molecule has 0 atom stereocenters. The highest BCUT2D eigenvalue weighted by molar-refractivity contribution is 5.94. The van der Waals surface area contributed by atoms with Gasteiger partial charge in [0.05, 0.1) is 6.61 Å². The molecule has 1 aromatic carbocycles. The summed E-state index contributed by atoms with van der Waals surface area (Å²) in [6.45, 7) is 2.22. The molecule has 1 saturated heterocycles. The lowest BCUT2D eigenvalue weighted by molar-refractivity contribution is -0.142. The number of hydrogen-bond acceptors (Lipinski definition) is 3. The smallest absolute Gasteiger partial charge is 0.251 e. The van der Waals surface area contributed by atoms with Gasteiger partial charge in [0.2, 0.25) is 5.91 Å². The van der Waals surface area contributed by atoms with Crippen LogP contribution in [-0.2, 0) is 9.53 Å². The Morgan fingerprint density at radius 2 is 1.91 bits per heavy atom. The van der Waals surface area contributed by atoms with Crippen molar-refractivity contribution in [3.63, 3.8) is 0 Å². The third-order valence-electron chi connectivity index (χ3n) is 3.78. The van der Waals surface area contributed by atoms with Gasteiger partial charge in [0.15, 0.2) is 0 Å². The van der Waals surface area contributed by atoms with Crippen LogP contribution in [0.3, 0.4) is 0 Å². The zero-order valence-corrected chi connectivity index (χ0v) is 12.8. The predicted molar refractivity (Wildman–Crippen MR) is 85.5 cm³/mol. The molecule has 0 bridgehead atoms. The van der Waals surface area contributed by atoms with E-state index in [2.05, 4.69) is 5.32 Å². The van der Waals surface area contributed by atoms with Gasteiger partial charge in [0, 0.05) is 43.3 Å². The number of amides is 2. The summed E-state index contributed by atoms with van der Waals surface area (Å²) in [5.41, 5.74) is 1.61. The molecule has 2 heterocycles. The van der Waals surface area contributed by atoms with Gasteiger partial charge in [-0.2, -0.15) is 0 Å². The van der Waals surface area contributed by atoms with Gasteiger partial charge in [0.1, 0.15) is 6.61 Å². The van der Waals surface area contributed by atoms with Gasteiger partial charge in [-0.15, -0.1) is 0 Å². The Bertz CT molecular complexity index is 665. The number of ether oxygens (including phenoxy) is 1. The van der Waals surface area contributed by atoms with Crippen LogP contribution in [0.5, 0.6) is 0 Å². The van der Waals surface area contributed by atoms with E-state index in [0.717, 1.165) is 5.69 Å². The highest BCUT2D eigenvalue weighted by atomic mass is 16.5. The topological polar surface area (TPSA) is 63.6 Å². The molecule has 0 saturated carbocycles. The fourth-order valence-electron chi connectivity index (χ4n) is 2.48. The molecule has 23 heavy (non-hydrogen) atoms. The second-order valence-electron chi connectivity index (χ2n) is 5.33. The van der Waals surface area contributed by atoms with Gasteiger partial charge in [-0.05, 0) is 36.4 Å². The third kappa shape index (κ3) is 3.78. The summed E-state index contributed by atoms with van der Waals surface area (Å²) in [7, 11) is 0. The van der Waals surface area contributed by atoms with Crippen molar-refractivity contribution in [3.8, 4) is 5.69 Å². The summed E-state index contributed by atoms with van der Waals surface area (Å²) < 4.78 is 7.05. The predicted octanol–water partition coefficient (Wildman–Crippen LogP) is 1.07. The summed E-state index contributed by atoms with van der Waals surface area (Å²) in [5, 5.41) is 2.84. The second-order valence-corrected chi connectivity index (χ2v) is 5.33. The number of benzene rings is 1. The van der Waals surface area contributed by atoms with E-state index in [4.69, 9.17) is 4.74 Å². The van der Waals surface area contributed by atoms with Crippen LogP contribution in [0.25, 0.3) is 5.69 Å². The highest BCUT2D eigenvalue weighted by Crippen LogP contribution is 2.10. The van der Waals surface area contributed by atoms with Crippen molar-refractivity contribution < 1.29 is 14.3 Å². The van der Waals surface area contributed by atoms with Crippen molar-refractivity contribution in [2.45, 2.75) is 0 Å². The minimum atomic E-state index is -0.134. The van der Waals surface area contributed by atoms with Gasteiger partial charge in [0.25, 0.3) is 5.91 Å². The minimum Gasteiger partial charge on any atom is -0.370 e. The van der Waals surface area contributed by atoms with Crippen LogP contribution < -0.4 is 5.32 Å². The van der Waals surface area contributed by atoms with E-state index in [-0.39, 0.29) is 18.4 Å². The molecule has 2 amide bonds. The number of aromatic nitrogens is 1. The normalized spacial score (nSPS) is 14.8. The molecular formula is C17H19N3O3. The molecule has 2 aromatic rings. The Morgan fingerprint density at radius 3 is 2.61 bits per heavy atom. The molecule has 1 aliphatic heterocycles. The number of hydrogen-bond donors (Lipinski definition) is 1. The molecule has 6 nitrogen and oxygen atoms in total. The number of nitrogens with zero attached hydrogens (tertiary/aromatic N) is 2. The van der Waals surface area contributed by atoms with Crippen LogP contribution in [0.2, 0.25) is 0 Å². The highest BCUT2D eigenvalue weighted by Gasteiger charge is 2.18. The van der Waals surface area contributed by atoms with Gasteiger partial charge < -0.3 is 19.5 Å². The molecule has 0 unspecified atom stereocenters. The zero-order chi connectivity index (χ0) is 16.1. The Balaban J connectivity index is 1.51. The van der Waals surface area contributed by atoms with Gasteiger partial charge >= 0.3 is 0 Å². The molecule has 6 heteroatoms. The lowest BCUT2D eigenvalue weighted by Crippen LogP contribution is -2.45. The summed E-state index contributed by atoms with van der Waals surface area (Å²) in [5.74, 6) is -0.161. The van der Waals surface area contributed by atoms with Crippen LogP contribution >= 0.6 is 0 Å². The summed E-state index contributed by atoms with van der Waals surface area (Å²) in [6, 6.07) is 11.3. The molecule has 3 rings (SSSR count). The van der Waals surface area contributed by atoms with Crippen LogP contribution in [0.15, 0.2) is 48.8 Å². The zero-order valence-electron chi connectivity index (χ0n) is 12.8. The van der Waals surface area contributed by atoms with Crippen LogP contribution in [0.4, 0.5) is 0 Å². The average molecular weight is 313 g/mol. The Hall–Kier alpha value is -2.60. The maximum absolute atomic E-state index is 12.1. The van der Waals surface area contributed by atoms with E-state index in [9.17, 15) is 9.59 Å². The molecular weight excluding hydrogens is 294 g/mol. The summed E-state index contributed by atoms with van der Waals surface area (Å²) in [6.07, 6.45) is 3.91. The Kier molecular flexibility index (Phi) is 4.73. The van der Waals surface area contributed by atoms with Crippen molar-refractivity contribution in [1.29, 1.82) is 0 Å². The minimum absolute atomic E-state index is 0.0263. The maximum Gasteiger partial charge on any atom is 0.251 e. The SMILES string of the molecule is O=C(NCCN1CCOCC1=O)c1ccc(-n2cccc2)cc1. The third-order valence-corrected chi connectivity index (χ3v) is 3.78. The van der Waals surface area contributed by atoms with Crippen molar-refractivity contribution in [1.82, 2.24) is 14.8 Å². The van der Waals surface area contributed by atoms with Crippen LogP contribution in [0.1, 0.15) is 10.4 Å². The monoisotopic (exact) mass is 313 g/mol. The number of nitrogens with one attached hydrogen (secondary N) is 1. The first-order valence-corrected chi connectivity index (χ1v) is 7.61. The van der Waals surface area contributed by atoms with E-state index in [0.29, 0.717) is 31.8 Å². The first kappa shape index (κ1) is 15.3. The van der Waals surface area contributed by atoms with E-state index in [1.165, 1.54) is 0 Å². The Labute approximate surface area is 134 Å². The van der Waals surface area contributed by atoms with Crippen LogP contribution in [0, 0.1) is 0 Å². The first-order valence-electron chi connectivity index (χ1n) is 7.61. The van der Waals surface area contributed by atoms with Gasteiger partial charge in [-0.3, -0.25) is 9.59 Å². The van der Waals surface area contributed by atoms with E-state index in [1.807, 2.05) is 41.2 Å². The molecule has 120 valence electrons. The number of carbonyl (C=O) groups is 2. The molecule has 0 radical (unpaired) electrons. The Morgan fingerprint density at radius 1 is 1.17 bits per heavy atom. The number of carbonyl (C=O) groups excluding carboxylic acids is 2. The van der Waals surface area contributed by atoms with Gasteiger partial charge in [-0.25, -0.2) is 0 Å². The van der Waals surface area contributed by atoms with Crippen molar-refractivity contribution in [3.05, 3.63) is 54.4 Å². The fraction of sp³-hybridized carbons (Fsp3) is 0.294. The molecule has 1 N–H and O–H groups in total. The molecule has 1 aromatic heterocycles. The average Bonchev–Trinajstić information content (AvgIpc) is 3.11. The van der Waals surface area contributed by atoms with Crippen molar-refractivity contribution in [2.24, 2.45) is 0 Å². The molecule has 1 aliphatic rings. The summed E-state index contributed by atoms with van der Waals surface area (Å²) >= 11 is 0. The van der Waals surface area contributed by atoms with E-state index < -0.39 is 0 Å². The van der Waals surface area contributed by atoms with Crippen molar-refractivity contribution >= 4 is 11.8 Å².